The molecule has 0 bridgehead atoms. The molecular weight excluding hydrogens is 286 g/mol. The van der Waals surface area contributed by atoms with Gasteiger partial charge in [0.05, 0.1) is 26.2 Å². The second kappa shape index (κ2) is 11.1. The number of nitrogens with zero attached hydrogens (tertiary/aromatic N) is 1. The van der Waals surface area contributed by atoms with E-state index in [9.17, 15) is 0 Å². The van der Waals surface area contributed by atoms with Gasteiger partial charge < -0.3 is 9.22 Å². The molecule has 0 saturated heterocycles. The summed E-state index contributed by atoms with van der Waals surface area (Å²) in [5.41, 5.74) is 1.46. The fraction of sp³-hybridized carbons (Fsp3) is 0.562. The van der Waals surface area contributed by atoms with E-state index in [0.29, 0.717) is 11.0 Å². The second-order valence-corrected chi connectivity index (χ2v) is 5.71. The van der Waals surface area contributed by atoms with Crippen molar-refractivity contribution >= 4 is 29.2 Å². The maximum absolute atomic E-state index is 4.64. The maximum Gasteiger partial charge on any atom is 0.216 e. The van der Waals surface area contributed by atoms with Gasteiger partial charge in [-0.1, -0.05) is 43.0 Å². The molecule has 0 spiro atoms. The third-order valence-corrected chi connectivity index (χ3v) is 3.89. The fourth-order valence-electron chi connectivity index (χ4n) is 2.10. The number of quaternary nitrogens is 1. The predicted octanol–water partition coefficient (Wildman–Crippen LogP) is 4.30. The zero-order chi connectivity index (χ0) is 15.4. The van der Waals surface area contributed by atoms with E-state index in [2.05, 4.69) is 80.7 Å². The molecule has 0 atom stereocenters. The minimum atomic E-state index is 0.317. The van der Waals surface area contributed by atoms with Crippen LogP contribution in [0.3, 0.4) is 0 Å². The van der Waals surface area contributed by atoms with Gasteiger partial charge in [0.25, 0.3) is 0 Å². The number of hydrogen-bond donors (Lipinski definition) is 1. The summed E-state index contributed by atoms with van der Waals surface area (Å²) in [5, 5.41) is 0. The number of rotatable bonds is 6. The Balaban J connectivity index is 0.000000511. The zero-order valence-electron chi connectivity index (χ0n) is 13.1. The molecule has 4 heteroatoms. The van der Waals surface area contributed by atoms with Crippen molar-refractivity contribution in [3.63, 3.8) is 0 Å². The molecule has 114 valence electrons. The van der Waals surface area contributed by atoms with Gasteiger partial charge in [-0.2, -0.15) is 0 Å². The average Bonchev–Trinajstić information content (AvgIpc) is 2.46. The van der Waals surface area contributed by atoms with Gasteiger partial charge >= 0.3 is 0 Å². The van der Waals surface area contributed by atoms with Crippen molar-refractivity contribution in [3.05, 3.63) is 35.9 Å². The number of ether oxygens (including phenoxy) is 1. The quantitative estimate of drug-likeness (QED) is 0.476. The van der Waals surface area contributed by atoms with Crippen LogP contribution in [-0.2, 0) is 11.3 Å². The number of thiol groups is 1. The van der Waals surface area contributed by atoms with Crippen molar-refractivity contribution in [2.75, 3.05) is 26.2 Å². The third-order valence-electron chi connectivity index (χ3n) is 3.64. The Labute approximate surface area is 135 Å². The van der Waals surface area contributed by atoms with Crippen LogP contribution in [0, 0.1) is 0 Å². The van der Waals surface area contributed by atoms with Crippen LogP contribution >= 0.6 is 24.8 Å². The molecule has 1 rings (SSSR count). The molecule has 20 heavy (non-hydrogen) atoms. The van der Waals surface area contributed by atoms with Crippen molar-refractivity contribution < 1.29 is 9.22 Å². The van der Waals surface area contributed by atoms with Crippen molar-refractivity contribution in [2.45, 2.75) is 34.2 Å². The maximum atomic E-state index is 4.64. The fourth-order valence-corrected chi connectivity index (χ4v) is 2.35. The van der Waals surface area contributed by atoms with Gasteiger partial charge in [-0.05, 0) is 39.9 Å². The molecule has 0 unspecified atom stereocenters. The third kappa shape index (κ3) is 7.88. The minimum absolute atomic E-state index is 0.317. The van der Waals surface area contributed by atoms with Crippen LogP contribution in [0.1, 0.15) is 33.3 Å². The first kappa shape index (κ1) is 19.4. The standard InChI is InChI=1S/C13H22N.C3H6OS2/c1-4-14(5-2,6-3)12-13-10-8-7-9-11-13;1-2-4-3(5)6/h7-11H,4-6,12H2,1-3H3;2H2,1H3,(H,5,6)/q+1;. The zero-order valence-corrected chi connectivity index (χ0v) is 14.8. The molecule has 1 aromatic carbocycles. The van der Waals surface area contributed by atoms with Crippen molar-refractivity contribution in [2.24, 2.45) is 0 Å². The van der Waals surface area contributed by atoms with Gasteiger partial charge in [-0.25, -0.2) is 0 Å². The Hall–Kier alpha value is -0.580. The summed E-state index contributed by atoms with van der Waals surface area (Å²) < 4.78 is 6.15. The van der Waals surface area contributed by atoms with E-state index < -0.39 is 0 Å². The summed E-state index contributed by atoms with van der Waals surface area (Å²) >= 11 is 8.12. The molecule has 0 aliphatic carbocycles. The summed E-state index contributed by atoms with van der Waals surface area (Å²) in [6.07, 6.45) is 0. The molecular formula is C16H28NOS2+. The molecule has 0 saturated carbocycles. The van der Waals surface area contributed by atoms with E-state index in [0.717, 1.165) is 0 Å². The number of hydrogen-bond acceptors (Lipinski definition) is 2. The molecule has 0 amide bonds. The highest BCUT2D eigenvalue weighted by Gasteiger charge is 2.20. The first-order valence-electron chi connectivity index (χ1n) is 7.28. The van der Waals surface area contributed by atoms with Gasteiger partial charge in [-0.15, -0.1) is 0 Å². The lowest BCUT2D eigenvalue weighted by Gasteiger charge is -2.35. The second-order valence-electron chi connectivity index (χ2n) is 4.63. The van der Waals surface area contributed by atoms with Gasteiger partial charge in [0.1, 0.15) is 6.54 Å². The molecule has 1 aromatic rings. The highest BCUT2D eigenvalue weighted by molar-refractivity contribution is 8.10. The van der Waals surface area contributed by atoms with E-state index in [4.69, 9.17) is 0 Å². The molecule has 0 aromatic heterocycles. The van der Waals surface area contributed by atoms with Crippen molar-refractivity contribution in [1.82, 2.24) is 0 Å². The first-order chi connectivity index (χ1) is 9.53. The lowest BCUT2D eigenvalue weighted by Crippen LogP contribution is -2.46. The SMILES string of the molecule is CCOC(=S)S.CC[N+](CC)(CC)Cc1ccccc1. The Bertz CT molecular complexity index is 356. The van der Waals surface area contributed by atoms with Gasteiger partial charge in [0.2, 0.25) is 4.38 Å². The predicted molar refractivity (Wildman–Crippen MR) is 95.2 cm³/mol. The topological polar surface area (TPSA) is 9.23 Å². The van der Waals surface area contributed by atoms with E-state index in [1.165, 1.54) is 36.2 Å². The average molecular weight is 315 g/mol. The van der Waals surface area contributed by atoms with Crippen LogP contribution in [0.25, 0.3) is 0 Å². The lowest BCUT2D eigenvalue weighted by molar-refractivity contribution is -0.936. The monoisotopic (exact) mass is 314 g/mol. The summed E-state index contributed by atoms with van der Waals surface area (Å²) in [7, 11) is 0. The molecule has 2 nitrogen and oxygen atoms in total. The van der Waals surface area contributed by atoms with Gasteiger partial charge in [-0.3, -0.25) is 0 Å². The van der Waals surface area contributed by atoms with E-state index in [-0.39, 0.29) is 0 Å². The lowest BCUT2D eigenvalue weighted by atomic mass is 10.2. The van der Waals surface area contributed by atoms with Crippen LogP contribution < -0.4 is 0 Å². The van der Waals surface area contributed by atoms with Crippen LogP contribution in [0.4, 0.5) is 0 Å². The van der Waals surface area contributed by atoms with Crippen molar-refractivity contribution in [3.8, 4) is 0 Å². The van der Waals surface area contributed by atoms with Crippen LogP contribution in [0.15, 0.2) is 30.3 Å². The van der Waals surface area contributed by atoms with Crippen LogP contribution in [0.5, 0.6) is 0 Å². The van der Waals surface area contributed by atoms with Crippen LogP contribution in [0.2, 0.25) is 0 Å². The number of thiocarbonyl (C=S) groups is 1. The van der Waals surface area contributed by atoms with E-state index >= 15 is 0 Å². The summed E-state index contributed by atoms with van der Waals surface area (Å²) in [6, 6.07) is 10.8. The summed E-state index contributed by atoms with van der Waals surface area (Å²) in [4.78, 5) is 0. The number of benzene rings is 1. The molecule has 0 radical (unpaired) electrons. The Morgan fingerprint density at radius 1 is 1.05 bits per heavy atom. The molecule has 0 aliphatic rings. The molecule has 0 aliphatic heterocycles. The molecule has 0 N–H and O–H groups in total. The van der Waals surface area contributed by atoms with Gasteiger partial charge in [0.15, 0.2) is 0 Å². The molecule has 0 heterocycles. The Kier molecular flexibility index (Phi) is 10.8. The highest BCUT2D eigenvalue weighted by Crippen LogP contribution is 2.13. The smallest absolute Gasteiger partial charge is 0.216 e. The van der Waals surface area contributed by atoms with Gasteiger partial charge in [0, 0.05) is 5.56 Å². The normalized spacial score (nSPS) is 10.4. The van der Waals surface area contributed by atoms with E-state index in [1.807, 2.05) is 6.92 Å². The minimum Gasteiger partial charge on any atom is -0.479 e. The van der Waals surface area contributed by atoms with Crippen LogP contribution in [-0.4, -0.2) is 35.1 Å². The first-order valence-corrected chi connectivity index (χ1v) is 8.13. The summed E-state index contributed by atoms with van der Waals surface area (Å²) in [5.74, 6) is 0. The molecule has 0 fully saturated rings. The van der Waals surface area contributed by atoms with Crippen molar-refractivity contribution in [1.29, 1.82) is 0 Å². The Morgan fingerprint density at radius 2 is 1.55 bits per heavy atom. The summed E-state index contributed by atoms with van der Waals surface area (Å²) in [6.45, 7) is 14.2. The largest absolute Gasteiger partial charge is 0.479 e. The van der Waals surface area contributed by atoms with E-state index in [1.54, 1.807) is 0 Å². The highest BCUT2D eigenvalue weighted by atomic mass is 32.1. The Morgan fingerprint density at radius 3 is 1.85 bits per heavy atom.